The van der Waals surface area contributed by atoms with Gasteiger partial charge in [-0.1, -0.05) is 48.9 Å². The monoisotopic (exact) mass is 617 g/mol. The zero-order valence-corrected chi connectivity index (χ0v) is 21.7. The molecule has 0 bridgehead atoms. The van der Waals surface area contributed by atoms with Crippen LogP contribution in [0.4, 0.5) is 43.9 Å². The lowest BCUT2D eigenvalue weighted by atomic mass is 9.93. The number of hydrogen-bond acceptors (Lipinski definition) is 3. The Bertz CT molecular complexity index is 1340. The minimum Gasteiger partial charge on any atom is -0.457 e. The first-order valence-corrected chi connectivity index (χ1v) is 12.2. The van der Waals surface area contributed by atoms with Gasteiger partial charge in [-0.2, -0.15) is 43.9 Å². The van der Waals surface area contributed by atoms with Crippen molar-refractivity contribution in [2.45, 2.75) is 49.7 Å². The highest BCUT2D eigenvalue weighted by Gasteiger charge is 2.73. The molecule has 14 heteroatoms. The molecular weight excluding hydrogens is 596 g/mol. The summed E-state index contributed by atoms with van der Waals surface area (Å²) in [4.78, 5) is 0. The van der Waals surface area contributed by atoms with Gasteiger partial charge in [0, 0.05) is 17.1 Å². The number of aryl methyl sites for hydroxylation is 1. The molecule has 3 aromatic rings. The van der Waals surface area contributed by atoms with E-state index in [4.69, 9.17) is 16.3 Å². The predicted molar refractivity (Wildman–Crippen MR) is 131 cm³/mol. The van der Waals surface area contributed by atoms with E-state index < -0.39 is 48.5 Å². The van der Waals surface area contributed by atoms with Gasteiger partial charge in [0.05, 0.1) is 6.04 Å². The first kappa shape index (κ1) is 32.5. The Labute approximate surface area is 232 Å². The van der Waals surface area contributed by atoms with Crippen molar-refractivity contribution in [2.75, 3.05) is 6.54 Å². The lowest BCUT2D eigenvalue weighted by Crippen LogP contribution is -2.50. The number of halogens is 11. The van der Waals surface area contributed by atoms with Crippen LogP contribution in [0.25, 0.3) is 0 Å². The van der Waals surface area contributed by atoms with Crippen molar-refractivity contribution in [1.29, 1.82) is 0 Å². The van der Waals surface area contributed by atoms with Gasteiger partial charge in [-0.05, 0) is 59.5 Å². The van der Waals surface area contributed by atoms with Crippen molar-refractivity contribution in [3.05, 3.63) is 94.0 Å². The van der Waals surface area contributed by atoms with Crippen molar-refractivity contribution >= 4 is 11.6 Å². The second kappa shape index (κ2) is 12.1. The lowest BCUT2D eigenvalue weighted by molar-refractivity contribution is -0.359. The summed E-state index contributed by atoms with van der Waals surface area (Å²) in [6.07, 6.45) is -14.0. The molecule has 0 aliphatic rings. The fraction of sp³-hybridized carbons (Fsp3) is 0.333. The zero-order chi connectivity index (χ0) is 30.8. The number of aliphatic hydroxyl groups excluding tert-OH is 1. The standard InChI is InChI=1S/C27H22ClF10NO2/c1-2-15-12-20(9-10-21(15)28)41-19-8-4-6-17(13-19)23(39-14-22(40)25(31,32)33)16-5-3-7-18(11-16)24(29,30)26(34,35)27(36,37)38/h3-13,22-23,39-40H,2,14H2,1H3. The maximum Gasteiger partial charge on any atom is 0.460 e. The molecule has 0 spiro atoms. The second-order valence-corrected chi connectivity index (χ2v) is 9.36. The molecule has 0 aliphatic heterocycles. The maximum atomic E-state index is 14.4. The summed E-state index contributed by atoms with van der Waals surface area (Å²) in [5.41, 5.74) is -1.30. The third-order valence-corrected chi connectivity index (χ3v) is 6.42. The molecule has 0 aromatic heterocycles. The number of benzene rings is 3. The molecule has 3 aromatic carbocycles. The van der Waals surface area contributed by atoms with Gasteiger partial charge in [0.1, 0.15) is 11.5 Å². The first-order valence-electron chi connectivity index (χ1n) is 11.9. The Hall–Kier alpha value is -3.03. The third kappa shape index (κ3) is 7.25. The Morgan fingerprint density at radius 3 is 1.98 bits per heavy atom. The molecule has 0 aliphatic carbocycles. The molecule has 0 saturated heterocycles. The van der Waals surface area contributed by atoms with Crippen LogP contribution in [0.3, 0.4) is 0 Å². The summed E-state index contributed by atoms with van der Waals surface area (Å²) in [6.45, 7) is 0.676. The van der Waals surface area contributed by atoms with Crippen LogP contribution in [-0.4, -0.2) is 36.0 Å². The maximum absolute atomic E-state index is 14.4. The number of ether oxygens (including phenoxy) is 1. The summed E-state index contributed by atoms with van der Waals surface area (Å²) in [5, 5.41) is 12.3. The minimum absolute atomic E-state index is 0.0598. The molecule has 2 N–H and O–H groups in total. The number of nitrogens with one attached hydrogen (secondary N) is 1. The van der Waals surface area contributed by atoms with E-state index in [1.54, 1.807) is 12.1 Å². The van der Waals surface area contributed by atoms with Gasteiger partial charge in [0.25, 0.3) is 0 Å². The predicted octanol–water partition coefficient (Wildman–Crippen LogP) is 8.59. The third-order valence-electron chi connectivity index (χ3n) is 6.05. The van der Waals surface area contributed by atoms with Crippen LogP contribution in [0.15, 0.2) is 66.7 Å². The van der Waals surface area contributed by atoms with Crippen LogP contribution < -0.4 is 10.1 Å². The quantitative estimate of drug-likeness (QED) is 0.224. The number of alkyl halides is 10. The fourth-order valence-corrected chi connectivity index (χ4v) is 4.08. The van der Waals surface area contributed by atoms with Crippen LogP contribution >= 0.6 is 11.6 Å². The van der Waals surface area contributed by atoms with Crippen LogP contribution in [0.1, 0.15) is 35.2 Å². The van der Waals surface area contributed by atoms with E-state index in [0.29, 0.717) is 29.3 Å². The summed E-state index contributed by atoms with van der Waals surface area (Å²) in [7, 11) is 0. The molecule has 224 valence electrons. The van der Waals surface area contributed by atoms with Crippen molar-refractivity contribution < 1.29 is 53.7 Å². The molecule has 2 unspecified atom stereocenters. The topological polar surface area (TPSA) is 41.5 Å². The highest BCUT2D eigenvalue weighted by atomic mass is 35.5. The molecule has 0 radical (unpaired) electrons. The van der Waals surface area contributed by atoms with Crippen LogP contribution in [0.5, 0.6) is 11.5 Å². The SMILES string of the molecule is CCc1cc(Oc2cccc(C(NCC(O)C(F)(F)F)c3cccc(C(F)(F)C(F)(F)C(F)(F)F)c3)c2)ccc1Cl. The zero-order valence-electron chi connectivity index (χ0n) is 20.9. The average molecular weight is 618 g/mol. The van der Waals surface area contributed by atoms with Gasteiger partial charge >= 0.3 is 24.2 Å². The van der Waals surface area contributed by atoms with Crippen molar-refractivity contribution in [1.82, 2.24) is 5.32 Å². The van der Waals surface area contributed by atoms with Crippen LogP contribution in [0.2, 0.25) is 5.02 Å². The highest BCUT2D eigenvalue weighted by molar-refractivity contribution is 6.31. The van der Waals surface area contributed by atoms with E-state index in [2.05, 4.69) is 5.32 Å². The molecule has 3 rings (SSSR count). The van der Waals surface area contributed by atoms with Gasteiger partial charge in [-0.15, -0.1) is 0 Å². The van der Waals surface area contributed by atoms with E-state index in [-0.39, 0.29) is 16.9 Å². The Balaban J connectivity index is 2.04. The highest BCUT2D eigenvalue weighted by Crippen LogP contribution is 2.52. The molecule has 2 atom stereocenters. The van der Waals surface area contributed by atoms with Crippen LogP contribution in [-0.2, 0) is 12.3 Å². The summed E-state index contributed by atoms with van der Waals surface area (Å²) in [5.74, 6) is -11.7. The van der Waals surface area contributed by atoms with E-state index in [1.807, 2.05) is 6.92 Å². The molecule has 0 heterocycles. The molecule has 0 saturated carbocycles. The molecule has 41 heavy (non-hydrogen) atoms. The average Bonchev–Trinajstić information content (AvgIpc) is 2.89. The number of aliphatic hydroxyl groups is 1. The largest absolute Gasteiger partial charge is 0.460 e. The molecule has 3 nitrogen and oxygen atoms in total. The van der Waals surface area contributed by atoms with Crippen molar-refractivity contribution in [2.24, 2.45) is 0 Å². The minimum atomic E-state index is -6.59. The van der Waals surface area contributed by atoms with E-state index in [0.717, 1.165) is 17.7 Å². The second-order valence-electron chi connectivity index (χ2n) is 8.95. The van der Waals surface area contributed by atoms with Crippen molar-refractivity contribution in [3.63, 3.8) is 0 Å². The summed E-state index contributed by atoms with van der Waals surface area (Å²) >= 11 is 6.10. The van der Waals surface area contributed by atoms with E-state index in [1.165, 1.54) is 30.3 Å². The lowest BCUT2D eigenvalue weighted by Gasteiger charge is -2.29. The van der Waals surface area contributed by atoms with Gasteiger partial charge in [-0.25, -0.2) is 0 Å². The Morgan fingerprint density at radius 2 is 1.39 bits per heavy atom. The molecule has 0 amide bonds. The number of hydrogen-bond donors (Lipinski definition) is 2. The van der Waals surface area contributed by atoms with Gasteiger partial charge in [0.15, 0.2) is 6.10 Å². The van der Waals surface area contributed by atoms with E-state index in [9.17, 15) is 49.0 Å². The Morgan fingerprint density at radius 1 is 0.805 bits per heavy atom. The van der Waals surface area contributed by atoms with Gasteiger partial charge < -0.3 is 15.2 Å². The summed E-state index contributed by atoms with van der Waals surface area (Å²) < 4.78 is 139. The van der Waals surface area contributed by atoms with Gasteiger partial charge in [-0.3, -0.25) is 0 Å². The van der Waals surface area contributed by atoms with Crippen LogP contribution in [0, 0.1) is 0 Å². The smallest absolute Gasteiger partial charge is 0.457 e. The summed E-state index contributed by atoms with van der Waals surface area (Å²) in [6, 6.07) is 11.2. The van der Waals surface area contributed by atoms with E-state index >= 15 is 0 Å². The fourth-order valence-electron chi connectivity index (χ4n) is 3.83. The normalized spacial score (nSPS) is 14.6. The van der Waals surface area contributed by atoms with Crippen molar-refractivity contribution in [3.8, 4) is 11.5 Å². The molecule has 0 fully saturated rings. The number of rotatable bonds is 10. The molecular formula is C27H22ClF10NO2. The Kier molecular flexibility index (Phi) is 9.56. The van der Waals surface area contributed by atoms with Gasteiger partial charge in [0.2, 0.25) is 0 Å². The first-order chi connectivity index (χ1) is 18.9.